The lowest BCUT2D eigenvalue weighted by molar-refractivity contribution is -0.116. The zero-order valence-electron chi connectivity index (χ0n) is 12.3. The topological polar surface area (TPSA) is 66.5 Å². The van der Waals surface area contributed by atoms with Gasteiger partial charge in [0.15, 0.2) is 0 Å². The number of carbonyl (C=O) groups excluding carboxylic acids is 1. The first kappa shape index (κ1) is 17.9. The molecule has 0 fully saturated rings. The first-order valence-corrected chi connectivity index (χ1v) is 9.06. The number of amides is 1. The largest absolute Gasteiger partial charge is 0.325 e. The van der Waals surface area contributed by atoms with E-state index < -0.39 is 10.0 Å². The normalized spacial score (nSPS) is 11.6. The zero-order chi connectivity index (χ0) is 15.9. The molecule has 0 aromatic heterocycles. The number of nitrogens with zero attached hydrogens (tertiary/aromatic N) is 1. The molecule has 0 aliphatic rings. The number of carbonyl (C=O) groups is 1. The summed E-state index contributed by atoms with van der Waals surface area (Å²) < 4.78 is 24.6. The minimum Gasteiger partial charge on any atom is -0.325 e. The Labute approximate surface area is 131 Å². The van der Waals surface area contributed by atoms with Crippen molar-refractivity contribution in [3.8, 4) is 0 Å². The second kappa shape index (κ2) is 8.36. The third-order valence-corrected chi connectivity index (χ3v) is 4.43. The maximum absolute atomic E-state index is 11.9. The Morgan fingerprint density at radius 1 is 1.24 bits per heavy atom. The molecule has 0 unspecified atom stereocenters. The van der Waals surface area contributed by atoms with Gasteiger partial charge in [0.2, 0.25) is 15.9 Å². The summed E-state index contributed by atoms with van der Waals surface area (Å²) in [6, 6.07) is 6.66. The molecule has 7 heteroatoms. The Balaban J connectivity index is 2.61. The highest BCUT2D eigenvalue weighted by atomic mass is 35.5. The second-order valence-electron chi connectivity index (χ2n) is 4.86. The van der Waals surface area contributed by atoms with Crippen LogP contribution in [-0.4, -0.2) is 38.0 Å². The number of hydrogen-bond donors (Lipinski definition) is 1. The maximum Gasteiger partial charge on any atom is 0.239 e. The van der Waals surface area contributed by atoms with Crippen LogP contribution in [0.2, 0.25) is 5.02 Å². The van der Waals surface area contributed by atoms with Crippen LogP contribution in [-0.2, 0) is 14.8 Å². The van der Waals surface area contributed by atoms with E-state index in [1.54, 1.807) is 24.3 Å². The van der Waals surface area contributed by atoms with Crippen molar-refractivity contribution in [2.75, 3.05) is 24.7 Å². The molecule has 5 nitrogen and oxygen atoms in total. The molecule has 0 spiro atoms. The van der Waals surface area contributed by atoms with Crippen LogP contribution in [0.4, 0.5) is 5.69 Å². The van der Waals surface area contributed by atoms with Crippen molar-refractivity contribution >= 4 is 33.2 Å². The van der Waals surface area contributed by atoms with Gasteiger partial charge >= 0.3 is 0 Å². The molecule has 1 N–H and O–H groups in total. The predicted octanol–water partition coefficient (Wildman–Crippen LogP) is 2.73. The number of rotatable bonds is 8. The smallest absolute Gasteiger partial charge is 0.239 e. The van der Waals surface area contributed by atoms with Gasteiger partial charge in [0, 0.05) is 17.3 Å². The Kier molecular flexibility index (Phi) is 7.14. The zero-order valence-corrected chi connectivity index (χ0v) is 13.9. The average molecular weight is 333 g/mol. The Bertz CT molecular complexity index is 558. The molecule has 1 rings (SSSR count). The van der Waals surface area contributed by atoms with E-state index in [1.807, 2.05) is 6.92 Å². The standard InChI is InChI=1S/C14H21ClN2O3S/c1-3-4-5-10-17(21(2,19)20)11-14(18)16-13-8-6-12(15)7-9-13/h6-9H,3-5,10-11H2,1-2H3,(H,16,18). The van der Waals surface area contributed by atoms with Crippen molar-refractivity contribution < 1.29 is 13.2 Å². The predicted molar refractivity (Wildman–Crippen MR) is 86.0 cm³/mol. The van der Waals surface area contributed by atoms with E-state index in [-0.39, 0.29) is 12.5 Å². The lowest BCUT2D eigenvalue weighted by Crippen LogP contribution is -2.38. The Hall–Kier alpha value is -1.11. The van der Waals surface area contributed by atoms with Crippen LogP contribution in [0.15, 0.2) is 24.3 Å². The summed E-state index contributed by atoms with van der Waals surface area (Å²) in [6.45, 7) is 2.23. The molecule has 118 valence electrons. The molecule has 1 aromatic carbocycles. The molecule has 0 aliphatic carbocycles. The van der Waals surface area contributed by atoms with Crippen molar-refractivity contribution in [2.24, 2.45) is 0 Å². The van der Waals surface area contributed by atoms with Gasteiger partial charge in [0.25, 0.3) is 0 Å². The summed E-state index contributed by atoms with van der Waals surface area (Å²) in [5.74, 6) is -0.362. The summed E-state index contributed by atoms with van der Waals surface area (Å²) in [5, 5.41) is 3.23. The molecule has 0 aliphatic heterocycles. The molecular weight excluding hydrogens is 312 g/mol. The van der Waals surface area contributed by atoms with Crippen LogP contribution >= 0.6 is 11.6 Å². The monoisotopic (exact) mass is 332 g/mol. The van der Waals surface area contributed by atoms with Gasteiger partial charge < -0.3 is 5.32 Å². The minimum absolute atomic E-state index is 0.175. The van der Waals surface area contributed by atoms with Crippen molar-refractivity contribution in [3.05, 3.63) is 29.3 Å². The van der Waals surface area contributed by atoms with Crippen LogP contribution < -0.4 is 5.32 Å². The van der Waals surface area contributed by atoms with Crippen LogP contribution in [0.5, 0.6) is 0 Å². The van der Waals surface area contributed by atoms with E-state index >= 15 is 0 Å². The Morgan fingerprint density at radius 3 is 2.38 bits per heavy atom. The molecule has 0 saturated carbocycles. The number of anilines is 1. The summed E-state index contributed by atoms with van der Waals surface area (Å²) in [4.78, 5) is 11.9. The van der Waals surface area contributed by atoms with Gasteiger partial charge in [-0.2, -0.15) is 4.31 Å². The maximum atomic E-state index is 11.9. The lowest BCUT2D eigenvalue weighted by Gasteiger charge is -2.19. The molecule has 0 radical (unpaired) electrons. The van der Waals surface area contributed by atoms with Gasteiger partial charge in [0.05, 0.1) is 12.8 Å². The molecule has 21 heavy (non-hydrogen) atoms. The molecule has 0 bridgehead atoms. The fourth-order valence-corrected chi connectivity index (χ4v) is 2.73. The van der Waals surface area contributed by atoms with E-state index in [2.05, 4.69) is 5.32 Å². The van der Waals surface area contributed by atoms with Crippen molar-refractivity contribution in [2.45, 2.75) is 26.2 Å². The van der Waals surface area contributed by atoms with Crippen LogP contribution in [0.3, 0.4) is 0 Å². The van der Waals surface area contributed by atoms with E-state index in [4.69, 9.17) is 11.6 Å². The van der Waals surface area contributed by atoms with Gasteiger partial charge in [-0.15, -0.1) is 0 Å². The SMILES string of the molecule is CCCCCN(CC(=O)Nc1ccc(Cl)cc1)S(C)(=O)=O. The molecule has 1 amide bonds. The highest BCUT2D eigenvalue weighted by molar-refractivity contribution is 7.88. The van der Waals surface area contributed by atoms with E-state index in [1.165, 1.54) is 4.31 Å². The number of nitrogens with one attached hydrogen (secondary N) is 1. The fraction of sp³-hybridized carbons (Fsp3) is 0.500. The number of hydrogen-bond acceptors (Lipinski definition) is 3. The first-order chi connectivity index (χ1) is 9.82. The Morgan fingerprint density at radius 2 is 1.86 bits per heavy atom. The molecule has 1 aromatic rings. The minimum atomic E-state index is -3.39. The van der Waals surface area contributed by atoms with Gasteiger partial charge in [-0.3, -0.25) is 4.79 Å². The van der Waals surface area contributed by atoms with Gasteiger partial charge in [-0.1, -0.05) is 31.4 Å². The summed E-state index contributed by atoms with van der Waals surface area (Å²) in [5.41, 5.74) is 0.589. The van der Waals surface area contributed by atoms with E-state index in [9.17, 15) is 13.2 Å². The van der Waals surface area contributed by atoms with Gasteiger partial charge in [0.1, 0.15) is 0 Å². The highest BCUT2D eigenvalue weighted by Crippen LogP contribution is 2.13. The van der Waals surface area contributed by atoms with Crippen molar-refractivity contribution in [1.82, 2.24) is 4.31 Å². The summed E-state index contributed by atoms with van der Waals surface area (Å²) >= 11 is 5.76. The van der Waals surface area contributed by atoms with Crippen molar-refractivity contribution in [1.29, 1.82) is 0 Å². The third kappa shape index (κ3) is 6.93. The number of sulfonamides is 1. The quantitative estimate of drug-likeness (QED) is 0.744. The summed E-state index contributed by atoms with van der Waals surface area (Å²) in [7, 11) is -3.39. The molecular formula is C14H21ClN2O3S. The second-order valence-corrected chi connectivity index (χ2v) is 7.28. The van der Waals surface area contributed by atoms with Gasteiger partial charge in [-0.25, -0.2) is 8.42 Å². The number of benzene rings is 1. The highest BCUT2D eigenvalue weighted by Gasteiger charge is 2.19. The molecule has 0 heterocycles. The van der Waals surface area contributed by atoms with Gasteiger partial charge in [-0.05, 0) is 30.7 Å². The van der Waals surface area contributed by atoms with Crippen LogP contribution in [0, 0.1) is 0 Å². The third-order valence-electron chi connectivity index (χ3n) is 2.93. The number of halogens is 1. The molecule has 0 atom stereocenters. The lowest BCUT2D eigenvalue weighted by atomic mass is 10.2. The van der Waals surface area contributed by atoms with E-state index in [0.29, 0.717) is 17.3 Å². The van der Waals surface area contributed by atoms with E-state index in [0.717, 1.165) is 25.5 Å². The van der Waals surface area contributed by atoms with Crippen molar-refractivity contribution in [3.63, 3.8) is 0 Å². The van der Waals surface area contributed by atoms with Crippen LogP contribution in [0.25, 0.3) is 0 Å². The molecule has 0 saturated heterocycles. The van der Waals surface area contributed by atoms with Crippen LogP contribution in [0.1, 0.15) is 26.2 Å². The average Bonchev–Trinajstić information content (AvgIpc) is 2.39. The first-order valence-electron chi connectivity index (χ1n) is 6.83. The number of unbranched alkanes of at least 4 members (excludes halogenated alkanes) is 2. The fourth-order valence-electron chi connectivity index (χ4n) is 1.79. The summed E-state index contributed by atoms with van der Waals surface area (Å²) in [6.07, 6.45) is 3.80.